The summed E-state index contributed by atoms with van der Waals surface area (Å²) < 4.78 is 44.5. The van der Waals surface area contributed by atoms with Crippen LogP contribution in [0, 0.1) is 13.8 Å². The molecular formula is C21H17F3N2O3S. The summed E-state index contributed by atoms with van der Waals surface area (Å²) in [7, 11) is 0. The third-order valence-corrected chi connectivity index (χ3v) is 5.09. The fraction of sp³-hybridized carbons (Fsp3) is 0.190. The van der Waals surface area contributed by atoms with E-state index >= 15 is 0 Å². The standard InChI is InChI=1S/C21H17F3N2O3S/c1-13-11-17(14(2)26(13)20-25-9-10-30-20)18(27)12-29-19(28)8-5-15-3-6-16(7-4-15)21(22,23)24/h3-11H,12H2,1-2H3/b8-5+. The summed E-state index contributed by atoms with van der Waals surface area (Å²) in [5.74, 6) is -1.13. The van der Waals surface area contributed by atoms with Crippen LogP contribution in [0.2, 0.25) is 0 Å². The van der Waals surface area contributed by atoms with Crippen LogP contribution in [0.3, 0.4) is 0 Å². The molecule has 30 heavy (non-hydrogen) atoms. The molecule has 0 N–H and O–H groups in total. The topological polar surface area (TPSA) is 61.2 Å². The fourth-order valence-corrected chi connectivity index (χ4v) is 3.63. The maximum Gasteiger partial charge on any atom is 0.416 e. The van der Waals surface area contributed by atoms with Gasteiger partial charge in [-0.2, -0.15) is 13.2 Å². The van der Waals surface area contributed by atoms with E-state index in [2.05, 4.69) is 4.98 Å². The van der Waals surface area contributed by atoms with E-state index in [-0.39, 0.29) is 5.78 Å². The molecule has 0 bridgehead atoms. The molecule has 0 saturated heterocycles. The smallest absolute Gasteiger partial charge is 0.416 e. The molecule has 9 heteroatoms. The highest BCUT2D eigenvalue weighted by Gasteiger charge is 2.29. The van der Waals surface area contributed by atoms with E-state index < -0.39 is 24.3 Å². The molecule has 0 saturated carbocycles. The quantitative estimate of drug-likeness (QED) is 0.311. The van der Waals surface area contributed by atoms with Crippen LogP contribution in [0.1, 0.15) is 32.9 Å². The number of ether oxygens (including phenoxy) is 1. The van der Waals surface area contributed by atoms with Crippen molar-refractivity contribution in [3.63, 3.8) is 0 Å². The predicted molar refractivity (Wildman–Crippen MR) is 107 cm³/mol. The highest BCUT2D eigenvalue weighted by atomic mass is 32.1. The van der Waals surface area contributed by atoms with Crippen molar-refractivity contribution in [2.24, 2.45) is 0 Å². The van der Waals surface area contributed by atoms with Gasteiger partial charge in [-0.15, -0.1) is 11.3 Å². The Kier molecular flexibility index (Phi) is 6.21. The summed E-state index contributed by atoms with van der Waals surface area (Å²) >= 11 is 1.44. The van der Waals surface area contributed by atoms with E-state index in [4.69, 9.17) is 4.74 Å². The van der Waals surface area contributed by atoms with Crippen LogP contribution in [0.4, 0.5) is 13.2 Å². The zero-order chi connectivity index (χ0) is 21.9. The van der Waals surface area contributed by atoms with Crippen molar-refractivity contribution < 1.29 is 27.5 Å². The molecule has 0 fully saturated rings. The number of ketones is 1. The van der Waals surface area contributed by atoms with Crippen LogP contribution in [0.25, 0.3) is 11.2 Å². The number of hydrogen-bond acceptors (Lipinski definition) is 5. The first-order chi connectivity index (χ1) is 14.2. The van der Waals surface area contributed by atoms with Gasteiger partial charge in [-0.1, -0.05) is 12.1 Å². The Bertz CT molecular complexity index is 1080. The van der Waals surface area contributed by atoms with Gasteiger partial charge in [-0.3, -0.25) is 9.36 Å². The van der Waals surface area contributed by atoms with Crippen LogP contribution >= 0.6 is 11.3 Å². The molecule has 0 aliphatic heterocycles. The lowest BCUT2D eigenvalue weighted by molar-refractivity contribution is -0.138. The Balaban J connectivity index is 1.60. The second-order valence-electron chi connectivity index (χ2n) is 6.42. The Morgan fingerprint density at radius 2 is 1.90 bits per heavy atom. The largest absolute Gasteiger partial charge is 0.454 e. The van der Waals surface area contributed by atoms with Crippen molar-refractivity contribution in [3.05, 3.63) is 76.1 Å². The van der Waals surface area contributed by atoms with Gasteiger partial charge in [-0.25, -0.2) is 9.78 Å². The monoisotopic (exact) mass is 434 g/mol. The third kappa shape index (κ3) is 4.85. The van der Waals surface area contributed by atoms with E-state index in [1.54, 1.807) is 19.2 Å². The molecule has 2 aromatic heterocycles. The zero-order valence-corrected chi connectivity index (χ0v) is 16.9. The molecule has 156 valence electrons. The first kappa shape index (κ1) is 21.5. The van der Waals surface area contributed by atoms with Crippen molar-refractivity contribution in [2.75, 3.05) is 6.61 Å². The number of halogens is 3. The summed E-state index contributed by atoms with van der Waals surface area (Å²) in [6.45, 7) is 3.19. The number of Topliss-reactive ketones (excluding diaryl/α,β-unsaturated/α-hetero) is 1. The van der Waals surface area contributed by atoms with Gasteiger partial charge in [0.05, 0.1) is 5.56 Å². The summed E-state index contributed by atoms with van der Waals surface area (Å²) in [4.78, 5) is 28.6. The van der Waals surface area contributed by atoms with Gasteiger partial charge >= 0.3 is 12.1 Å². The van der Waals surface area contributed by atoms with Gasteiger partial charge in [0.25, 0.3) is 0 Å². The van der Waals surface area contributed by atoms with E-state index in [1.165, 1.54) is 29.5 Å². The predicted octanol–water partition coefficient (Wildman–Crippen LogP) is 5.01. The number of alkyl halides is 3. The fourth-order valence-electron chi connectivity index (χ4n) is 2.88. The number of rotatable bonds is 6. The number of carbonyl (C=O) groups excluding carboxylic acids is 2. The zero-order valence-electron chi connectivity index (χ0n) is 16.1. The highest BCUT2D eigenvalue weighted by molar-refractivity contribution is 7.12. The molecule has 0 aliphatic rings. The second-order valence-corrected chi connectivity index (χ2v) is 7.29. The summed E-state index contributed by atoms with van der Waals surface area (Å²) in [5, 5.41) is 2.57. The Hall–Kier alpha value is -3.20. The van der Waals surface area contributed by atoms with Crippen molar-refractivity contribution in [3.8, 4) is 5.13 Å². The molecule has 0 unspecified atom stereocenters. The summed E-state index contributed by atoms with van der Waals surface area (Å²) in [5.41, 5.74) is 1.59. The van der Waals surface area contributed by atoms with Crippen molar-refractivity contribution >= 4 is 29.2 Å². The Morgan fingerprint density at radius 1 is 1.20 bits per heavy atom. The van der Waals surface area contributed by atoms with Gasteiger partial charge in [0.1, 0.15) is 0 Å². The minimum atomic E-state index is -4.42. The maximum absolute atomic E-state index is 12.6. The second kappa shape index (κ2) is 8.66. The van der Waals surface area contributed by atoms with Crippen LogP contribution in [-0.4, -0.2) is 27.9 Å². The number of aryl methyl sites for hydroxylation is 1. The van der Waals surface area contributed by atoms with E-state index in [0.29, 0.717) is 16.8 Å². The first-order valence-electron chi connectivity index (χ1n) is 8.81. The van der Waals surface area contributed by atoms with Crippen LogP contribution in [0.5, 0.6) is 0 Å². The Labute approximate surface area is 174 Å². The van der Waals surface area contributed by atoms with Crippen LogP contribution in [-0.2, 0) is 15.7 Å². The minimum absolute atomic E-state index is 0.359. The summed E-state index contributed by atoms with van der Waals surface area (Å²) in [6, 6.07) is 6.04. The van der Waals surface area contributed by atoms with Gasteiger partial charge in [0.15, 0.2) is 11.7 Å². The molecule has 3 rings (SSSR count). The van der Waals surface area contributed by atoms with Gasteiger partial charge in [0, 0.05) is 34.6 Å². The summed E-state index contributed by atoms with van der Waals surface area (Å²) in [6.07, 6.45) is -0.363. The van der Waals surface area contributed by atoms with E-state index in [0.717, 1.165) is 29.0 Å². The number of carbonyl (C=O) groups is 2. The molecule has 1 aromatic carbocycles. The van der Waals surface area contributed by atoms with Crippen molar-refractivity contribution in [1.82, 2.24) is 9.55 Å². The van der Waals surface area contributed by atoms with Gasteiger partial charge < -0.3 is 4.74 Å². The van der Waals surface area contributed by atoms with Crippen molar-refractivity contribution in [2.45, 2.75) is 20.0 Å². The number of thiazole rings is 1. The maximum atomic E-state index is 12.6. The Morgan fingerprint density at radius 3 is 2.50 bits per heavy atom. The normalized spacial score (nSPS) is 11.8. The number of esters is 1. The van der Waals surface area contributed by atoms with Gasteiger partial charge in [0.2, 0.25) is 5.78 Å². The highest BCUT2D eigenvalue weighted by Crippen LogP contribution is 2.29. The molecule has 0 atom stereocenters. The lowest BCUT2D eigenvalue weighted by atomic mass is 10.1. The molecule has 3 aromatic rings. The molecule has 0 aliphatic carbocycles. The lowest BCUT2D eigenvalue weighted by Crippen LogP contribution is -2.13. The SMILES string of the molecule is Cc1cc(C(=O)COC(=O)/C=C/c2ccc(C(F)(F)F)cc2)c(C)n1-c1nccs1. The molecule has 2 heterocycles. The van der Waals surface area contributed by atoms with Crippen LogP contribution in [0.15, 0.2) is 48.0 Å². The number of nitrogens with zero attached hydrogens (tertiary/aromatic N) is 2. The molecular weight excluding hydrogens is 417 g/mol. The van der Waals surface area contributed by atoms with E-state index in [9.17, 15) is 22.8 Å². The van der Waals surface area contributed by atoms with Crippen LogP contribution < -0.4 is 0 Å². The van der Waals surface area contributed by atoms with E-state index in [1.807, 2.05) is 16.9 Å². The van der Waals surface area contributed by atoms with Gasteiger partial charge in [-0.05, 0) is 43.7 Å². The third-order valence-electron chi connectivity index (χ3n) is 4.34. The average molecular weight is 434 g/mol. The minimum Gasteiger partial charge on any atom is -0.454 e. The lowest BCUT2D eigenvalue weighted by Gasteiger charge is -2.06. The number of aromatic nitrogens is 2. The number of hydrogen-bond donors (Lipinski definition) is 0. The molecule has 0 radical (unpaired) electrons. The molecule has 0 amide bonds. The van der Waals surface area contributed by atoms with Crippen molar-refractivity contribution in [1.29, 1.82) is 0 Å². The average Bonchev–Trinajstić information content (AvgIpc) is 3.31. The number of benzene rings is 1. The molecule has 5 nitrogen and oxygen atoms in total. The first-order valence-corrected chi connectivity index (χ1v) is 9.69. The molecule has 0 spiro atoms.